The Morgan fingerprint density at radius 3 is 2.63 bits per heavy atom. The van der Waals surface area contributed by atoms with E-state index in [0.29, 0.717) is 18.5 Å². The van der Waals surface area contributed by atoms with Gasteiger partial charge in [-0.05, 0) is 36.4 Å². The Morgan fingerprint density at radius 1 is 1.03 bits per heavy atom. The van der Waals surface area contributed by atoms with Crippen LogP contribution in [0.4, 0.5) is 14.7 Å². The van der Waals surface area contributed by atoms with E-state index in [9.17, 15) is 13.6 Å². The van der Waals surface area contributed by atoms with Crippen LogP contribution in [-0.2, 0) is 13.0 Å². The number of aromatic nitrogens is 4. The minimum absolute atomic E-state index is 0.249. The summed E-state index contributed by atoms with van der Waals surface area (Å²) in [6.07, 6.45) is 3.67. The van der Waals surface area contributed by atoms with E-state index in [4.69, 9.17) is 0 Å². The fourth-order valence-electron chi connectivity index (χ4n) is 3.08. The molecule has 0 aliphatic carbocycles. The molecule has 0 unspecified atom stereocenters. The predicted molar refractivity (Wildman–Crippen MR) is 106 cm³/mol. The summed E-state index contributed by atoms with van der Waals surface area (Å²) in [6.45, 7) is -2.56. The number of pyridine rings is 2. The van der Waals surface area contributed by atoms with Gasteiger partial charge in [-0.3, -0.25) is 15.1 Å². The molecule has 0 aliphatic heterocycles. The van der Waals surface area contributed by atoms with Crippen LogP contribution in [0.1, 0.15) is 16.2 Å². The fourth-order valence-corrected chi connectivity index (χ4v) is 3.08. The summed E-state index contributed by atoms with van der Waals surface area (Å²) >= 11 is 0. The molecule has 7 nitrogen and oxygen atoms in total. The minimum atomic E-state index is -3.07. The number of imidazole rings is 1. The van der Waals surface area contributed by atoms with Crippen molar-refractivity contribution in [2.45, 2.75) is 19.6 Å². The third-order valence-electron chi connectivity index (χ3n) is 4.40. The molecule has 0 saturated heterocycles. The summed E-state index contributed by atoms with van der Waals surface area (Å²) in [7, 11) is 0. The number of alkyl halides is 2. The van der Waals surface area contributed by atoms with E-state index in [2.05, 4.69) is 25.0 Å². The summed E-state index contributed by atoms with van der Waals surface area (Å²) in [4.78, 5) is 25.4. The number of carbonyl (C=O) groups excluding carboxylic acids is 1. The summed E-state index contributed by atoms with van der Waals surface area (Å²) in [5, 5.41) is 2.67. The van der Waals surface area contributed by atoms with Gasteiger partial charge in [-0.1, -0.05) is 18.2 Å². The van der Waals surface area contributed by atoms with Crippen molar-refractivity contribution in [1.29, 1.82) is 0 Å². The summed E-state index contributed by atoms with van der Waals surface area (Å²) in [6, 6.07) is 15.8. The first-order valence-corrected chi connectivity index (χ1v) is 9.18. The van der Waals surface area contributed by atoms with Gasteiger partial charge in [0.05, 0.1) is 11.0 Å². The lowest BCUT2D eigenvalue weighted by molar-refractivity contribution is -0.0503. The van der Waals surface area contributed by atoms with Crippen molar-refractivity contribution in [3.63, 3.8) is 0 Å². The van der Waals surface area contributed by atoms with E-state index in [1.54, 1.807) is 6.20 Å². The number of hydrogen-bond acceptors (Lipinski definition) is 5. The number of hydrogen-bond donors (Lipinski definition) is 1. The van der Waals surface area contributed by atoms with Crippen molar-refractivity contribution in [2.24, 2.45) is 0 Å². The second-order valence-electron chi connectivity index (χ2n) is 6.33. The second-order valence-corrected chi connectivity index (χ2v) is 6.33. The minimum Gasteiger partial charge on any atom is -0.432 e. The van der Waals surface area contributed by atoms with Crippen molar-refractivity contribution >= 4 is 22.9 Å². The Morgan fingerprint density at radius 2 is 1.83 bits per heavy atom. The molecule has 9 heteroatoms. The number of rotatable bonds is 7. The number of para-hydroxylation sites is 2. The van der Waals surface area contributed by atoms with E-state index in [1.807, 2.05) is 47.0 Å². The number of fused-ring (bicyclic) bond motifs is 1. The summed E-state index contributed by atoms with van der Waals surface area (Å²) in [5.41, 5.74) is 2.17. The molecule has 0 atom stereocenters. The Kier molecular flexibility index (Phi) is 5.60. The predicted octanol–water partition coefficient (Wildman–Crippen LogP) is 3.92. The van der Waals surface area contributed by atoms with Crippen molar-refractivity contribution in [1.82, 2.24) is 19.5 Å². The molecule has 4 aromatic rings. The van der Waals surface area contributed by atoms with Gasteiger partial charge in [0.2, 0.25) is 5.95 Å². The highest BCUT2D eigenvalue weighted by Crippen LogP contribution is 2.23. The maximum Gasteiger partial charge on any atom is 0.387 e. The van der Waals surface area contributed by atoms with Crippen molar-refractivity contribution < 1.29 is 18.3 Å². The van der Waals surface area contributed by atoms with Gasteiger partial charge < -0.3 is 9.30 Å². The average Bonchev–Trinajstić information content (AvgIpc) is 3.10. The summed E-state index contributed by atoms with van der Waals surface area (Å²) < 4.78 is 31.6. The number of halogens is 2. The van der Waals surface area contributed by atoms with Crippen LogP contribution < -0.4 is 10.1 Å². The van der Waals surface area contributed by atoms with Gasteiger partial charge in [0.15, 0.2) is 11.4 Å². The zero-order valence-corrected chi connectivity index (χ0v) is 15.7. The first-order chi connectivity index (χ1) is 14.6. The Balaban J connectivity index is 1.63. The van der Waals surface area contributed by atoms with Gasteiger partial charge in [-0.2, -0.15) is 8.78 Å². The smallest absolute Gasteiger partial charge is 0.387 e. The molecule has 30 heavy (non-hydrogen) atoms. The van der Waals surface area contributed by atoms with Crippen LogP contribution in [0.2, 0.25) is 0 Å². The maximum absolute atomic E-state index is 12.8. The SMILES string of the molecule is O=C(Nc1nc2ccccc2n1CCc1ccccn1)c1ncccc1OC(F)F. The number of amides is 1. The number of benzene rings is 1. The summed E-state index contributed by atoms with van der Waals surface area (Å²) in [5.74, 6) is -0.715. The topological polar surface area (TPSA) is 81.9 Å². The van der Waals surface area contributed by atoms with Gasteiger partial charge in [-0.25, -0.2) is 9.97 Å². The quantitative estimate of drug-likeness (QED) is 0.500. The van der Waals surface area contributed by atoms with Crippen molar-refractivity contribution in [3.8, 4) is 5.75 Å². The number of carbonyl (C=O) groups is 1. The Labute approximate surface area is 170 Å². The molecule has 1 N–H and O–H groups in total. The van der Waals surface area contributed by atoms with Crippen LogP contribution in [0, 0.1) is 0 Å². The lowest BCUT2D eigenvalue weighted by Crippen LogP contribution is -2.19. The molecule has 4 rings (SSSR count). The van der Waals surface area contributed by atoms with Gasteiger partial charge in [-0.15, -0.1) is 0 Å². The standard InChI is InChI=1S/C21H17F2N5O2/c22-20(23)30-17-9-5-12-25-18(17)19(29)27-21-26-15-7-1-2-8-16(15)28(21)13-10-14-6-3-4-11-24-14/h1-9,11-12,20H,10,13H2,(H,26,27,29). The average molecular weight is 409 g/mol. The molecular formula is C21H17F2N5O2. The highest BCUT2D eigenvalue weighted by Gasteiger charge is 2.20. The van der Waals surface area contributed by atoms with Crippen LogP contribution in [0.15, 0.2) is 67.0 Å². The van der Waals surface area contributed by atoms with Crippen LogP contribution in [0.3, 0.4) is 0 Å². The number of anilines is 1. The van der Waals surface area contributed by atoms with Crippen LogP contribution in [0.5, 0.6) is 5.75 Å². The zero-order valence-electron chi connectivity index (χ0n) is 15.7. The first kappa shape index (κ1) is 19.4. The Hall–Kier alpha value is -3.88. The highest BCUT2D eigenvalue weighted by atomic mass is 19.3. The third-order valence-corrected chi connectivity index (χ3v) is 4.40. The van der Waals surface area contributed by atoms with Crippen molar-refractivity contribution in [2.75, 3.05) is 5.32 Å². The number of nitrogens with one attached hydrogen (secondary N) is 1. The van der Waals surface area contributed by atoms with Gasteiger partial charge in [0.1, 0.15) is 0 Å². The van der Waals surface area contributed by atoms with Gasteiger partial charge in [0, 0.05) is 31.1 Å². The van der Waals surface area contributed by atoms with E-state index >= 15 is 0 Å². The Bertz CT molecular complexity index is 1160. The molecule has 1 aromatic carbocycles. The third kappa shape index (κ3) is 4.24. The number of aryl methyl sites for hydroxylation is 2. The van der Waals surface area contributed by atoms with Crippen molar-refractivity contribution in [3.05, 3.63) is 78.4 Å². The normalized spacial score (nSPS) is 11.0. The van der Waals surface area contributed by atoms with Crippen LogP contribution >= 0.6 is 0 Å². The van der Waals surface area contributed by atoms with Crippen LogP contribution in [-0.4, -0.2) is 32.0 Å². The van der Waals surface area contributed by atoms with E-state index in [0.717, 1.165) is 11.2 Å². The molecule has 152 valence electrons. The molecule has 0 aliphatic rings. The molecule has 0 radical (unpaired) electrons. The molecule has 0 saturated carbocycles. The van der Waals surface area contributed by atoms with Gasteiger partial charge in [0.25, 0.3) is 5.91 Å². The maximum atomic E-state index is 12.8. The monoisotopic (exact) mass is 409 g/mol. The zero-order chi connectivity index (χ0) is 20.9. The molecule has 1 amide bonds. The van der Waals surface area contributed by atoms with Gasteiger partial charge >= 0.3 is 6.61 Å². The molecule has 0 bridgehead atoms. The van der Waals surface area contributed by atoms with E-state index in [1.165, 1.54) is 18.3 Å². The van der Waals surface area contributed by atoms with E-state index < -0.39 is 12.5 Å². The number of ether oxygens (including phenoxy) is 1. The first-order valence-electron chi connectivity index (χ1n) is 9.18. The molecule has 0 fully saturated rings. The molecule has 3 aromatic heterocycles. The highest BCUT2D eigenvalue weighted by molar-refractivity contribution is 6.04. The fraction of sp³-hybridized carbons (Fsp3) is 0.143. The largest absolute Gasteiger partial charge is 0.432 e. The van der Waals surface area contributed by atoms with E-state index in [-0.39, 0.29) is 17.4 Å². The molecule has 0 spiro atoms. The molecular weight excluding hydrogens is 392 g/mol. The number of nitrogens with zero attached hydrogens (tertiary/aromatic N) is 4. The lowest BCUT2D eigenvalue weighted by atomic mass is 10.2. The lowest BCUT2D eigenvalue weighted by Gasteiger charge is -2.12. The molecule has 3 heterocycles. The van der Waals surface area contributed by atoms with Crippen LogP contribution in [0.25, 0.3) is 11.0 Å². The second kappa shape index (κ2) is 8.64.